The summed E-state index contributed by atoms with van der Waals surface area (Å²) in [7, 11) is 2.88. The van der Waals surface area contributed by atoms with Gasteiger partial charge >= 0.3 is 5.97 Å². The zero-order valence-electron chi connectivity index (χ0n) is 23.3. The molecule has 0 aromatic heterocycles. The van der Waals surface area contributed by atoms with E-state index in [-0.39, 0.29) is 37.3 Å². The molecule has 4 N–H and O–H groups in total. The van der Waals surface area contributed by atoms with E-state index in [1.54, 1.807) is 19.1 Å². The molecule has 226 valence electrons. The first-order valence-corrected chi connectivity index (χ1v) is 13.9. The van der Waals surface area contributed by atoms with E-state index >= 15 is 0 Å². The van der Waals surface area contributed by atoms with Crippen LogP contribution in [0.2, 0.25) is 0 Å². The highest BCUT2D eigenvalue weighted by atomic mass is 16.7. The zero-order valence-corrected chi connectivity index (χ0v) is 23.3. The molecular formula is C29H33NO12. The maximum absolute atomic E-state index is 13.4. The number of carbonyl (C=O) groups excluding carboxylic acids is 1. The number of benzene rings is 2. The summed E-state index contributed by atoms with van der Waals surface area (Å²) in [5.74, 6) is -0.763. The van der Waals surface area contributed by atoms with Crippen LogP contribution >= 0.6 is 0 Å². The molecule has 2 aromatic carbocycles. The van der Waals surface area contributed by atoms with Gasteiger partial charge in [-0.05, 0) is 47.9 Å². The van der Waals surface area contributed by atoms with Crippen LogP contribution in [-0.4, -0.2) is 87.3 Å². The Hall–Kier alpha value is -3.33. The molecule has 0 bridgehead atoms. The number of ether oxygens (including phenoxy) is 9. The van der Waals surface area contributed by atoms with Gasteiger partial charge in [0.15, 0.2) is 35.6 Å². The largest absolute Gasteiger partial charge is 0.502 e. The quantitative estimate of drug-likeness (QED) is 0.429. The normalized spacial score (nSPS) is 36.5. The molecular weight excluding hydrogens is 554 g/mol. The Kier molecular flexibility index (Phi) is 6.83. The van der Waals surface area contributed by atoms with Crippen molar-refractivity contribution in [1.82, 2.24) is 0 Å². The standard InChI is InChI=1S/C29H33NO12/c1-11-36-9-20-27(40-11)25(32)23(30)29(41-20)42-26-14-7-17-16(38-10-39-17)6-13(14)21(22-15(26)8-37-28(22)33)12-4-18(34-2)24(31)19(5-12)35-3/h4-7,11,15,20-23,25-27,29,31-32H,8-10,30H2,1-3H3/t11-,15+,20-,21-,22+,23-,25-,26-,27-,29-/m1/s1. The Morgan fingerprint density at radius 1 is 0.952 bits per heavy atom. The molecule has 13 heteroatoms. The van der Waals surface area contributed by atoms with Crippen molar-refractivity contribution in [3.8, 4) is 28.7 Å². The lowest BCUT2D eigenvalue weighted by atomic mass is 9.66. The van der Waals surface area contributed by atoms with Crippen LogP contribution in [0.3, 0.4) is 0 Å². The minimum atomic E-state index is -1.07. The molecule has 3 saturated heterocycles. The third kappa shape index (κ3) is 4.26. The van der Waals surface area contributed by atoms with Gasteiger partial charge in [-0.3, -0.25) is 4.79 Å². The highest BCUT2D eigenvalue weighted by Gasteiger charge is 2.55. The summed E-state index contributed by atoms with van der Waals surface area (Å²) in [6.07, 6.45) is -4.58. The first kappa shape index (κ1) is 27.5. The van der Waals surface area contributed by atoms with E-state index in [2.05, 4.69) is 0 Å². The molecule has 0 saturated carbocycles. The highest BCUT2D eigenvalue weighted by Crippen LogP contribution is 2.57. The van der Waals surface area contributed by atoms with Crippen molar-refractivity contribution in [2.75, 3.05) is 34.2 Å². The number of hydrogen-bond donors (Lipinski definition) is 3. The number of phenolic OH excluding ortho intramolecular Hbond substituents is 1. The summed E-state index contributed by atoms with van der Waals surface area (Å²) in [4.78, 5) is 13.4. The van der Waals surface area contributed by atoms with E-state index in [1.807, 2.05) is 12.1 Å². The van der Waals surface area contributed by atoms with Crippen molar-refractivity contribution >= 4 is 5.97 Å². The van der Waals surface area contributed by atoms with Crippen molar-refractivity contribution in [1.29, 1.82) is 0 Å². The summed E-state index contributed by atoms with van der Waals surface area (Å²) in [5.41, 5.74) is 8.58. The zero-order chi connectivity index (χ0) is 29.3. The molecule has 1 aliphatic carbocycles. The van der Waals surface area contributed by atoms with Gasteiger partial charge in [0.2, 0.25) is 12.5 Å². The van der Waals surface area contributed by atoms with Crippen LogP contribution < -0.4 is 24.7 Å². The summed E-state index contributed by atoms with van der Waals surface area (Å²) < 4.78 is 52.0. The van der Waals surface area contributed by atoms with Gasteiger partial charge < -0.3 is 58.6 Å². The van der Waals surface area contributed by atoms with Crippen molar-refractivity contribution in [3.63, 3.8) is 0 Å². The average molecular weight is 588 g/mol. The van der Waals surface area contributed by atoms with E-state index in [4.69, 9.17) is 48.4 Å². The van der Waals surface area contributed by atoms with Crippen LogP contribution in [0, 0.1) is 11.8 Å². The third-order valence-electron chi connectivity index (χ3n) is 8.83. The first-order chi connectivity index (χ1) is 20.3. The first-order valence-electron chi connectivity index (χ1n) is 13.9. The number of aliphatic hydroxyl groups excluding tert-OH is 1. The minimum Gasteiger partial charge on any atom is -0.502 e. The lowest BCUT2D eigenvalue weighted by Gasteiger charge is -2.48. The maximum atomic E-state index is 13.4. The number of aliphatic hydroxyl groups is 1. The van der Waals surface area contributed by atoms with E-state index in [1.165, 1.54) is 14.2 Å². The number of aromatic hydroxyl groups is 1. The van der Waals surface area contributed by atoms with Gasteiger partial charge in [-0.1, -0.05) is 0 Å². The van der Waals surface area contributed by atoms with Crippen molar-refractivity contribution in [2.45, 2.75) is 55.9 Å². The molecule has 4 heterocycles. The second-order valence-electron chi connectivity index (χ2n) is 11.1. The number of nitrogens with two attached hydrogens (primary N) is 1. The predicted octanol–water partition coefficient (Wildman–Crippen LogP) is 1.30. The fraction of sp³-hybridized carbons (Fsp3) is 0.552. The Labute approximate surface area is 241 Å². The fourth-order valence-corrected chi connectivity index (χ4v) is 6.78. The van der Waals surface area contributed by atoms with Crippen LogP contribution in [0.1, 0.15) is 35.6 Å². The summed E-state index contributed by atoms with van der Waals surface area (Å²) >= 11 is 0. The Bertz CT molecular complexity index is 1360. The molecule has 0 amide bonds. The number of hydrogen-bond acceptors (Lipinski definition) is 13. The van der Waals surface area contributed by atoms with Gasteiger partial charge in [-0.2, -0.15) is 0 Å². The molecule has 4 aliphatic heterocycles. The summed E-state index contributed by atoms with van der Waals surface area (Å²) in [6.45, 7) is 2.09. The summed E-state index contributed by atoms with van der Waals surface area (Å²) in [5, 5.41) is 21.6. The molecule has 3 fully saturated rings. The second kappa shape index (κ2) is 10.4. The number of phenols is 1. The summed E-state index contributed by atoms with van der Waals surface area (Å²) in [6, 6.07) is 6.10. The van der Waals surface area contributed by atoms with Crippen molar-refractivity contribution in [2.24, 2.45) is 17.6 Å². The van der Waals surface area contributed by atoms with Crippen molar-refractivity contribution < 1.29 is 57.6 Å². The number of fused-ring (bicyclic) bond motifs is 4. The van der Waals surface area contributed by atoms with Crippen LogP contribution in [0.25, 0.3) is 0 Å². The molecule has 2 aromatic rings. The lowest BCUT2D eigenvalue weighted by Crippen LogP contribution is -2.65. The van der Waals surface area contributed by atoms with Crippen molar-refractivity contribution in [3.05, 3.63) is 41.0 Å². The predicted molar refractivity (Wildman–Crippen MR) is 140 cm³/mol. The number of esters is 1. The van der Waals surface area contributed by atoms with E-state index < -0.39 is 66.8 Å². The molecule has 7 rings (SSSR count). The number of rotatable bonds is 5. The van der Waals surface area contributed by atoms with Gasteiger partial charge in [0.05, 0.1) is 45.5 Å². The molecule has 10 atom stereocenters. The third-order valence-corrected chi connectivity index (χ3v) is 8.83. The van der Waals surface area contributed by atoms with Gasteiger partial charge in [0.25, 0.3) is 0 Å². The average Bonchev–Trinajstić information content (AvgIpc) is 3.61. The van der Waals surface area contributed by atoms with Crippen LogP contribution in [0.15, 0.2) is 24.3 Å². The highest BCUT2D eigenvalue weighted by molar-refractivity contribution is 5.79. The van der Waals surface area contributed by atoms with Crippen LogP contribution in [-0.2, 0) is 28.5 Å². The van der Waals surface area contributed by atoms with Gasteiger partial charge in [-0.25, -0.2) is 0 Å². The van der Waals surface area contributed by atoms with Crippen LogP contribution in [0.4, 0.5) is 0 Å². The molecule has 0 unspecified atom stereocenters. The van der Waals surface area contributed by atoms with E-state index in [0.717, 1.165) is 11.1 Å². The molecule has 13 nitrogen and oxygen atoms in total. The molecule has 5 aliphatic rings. The molecule has 0 radical (unpaired) electrons. The number of cyclic esters (lactones) is 1. The monoisotopic (exact) mass is 587 g/mol. The van der Waals surface area contributed by atoms with E-state index in [0.29, 0.717) is 17.1 Å². The molecule has 42 heavy (non-hydrogen) atoms. The maximum Gasteiger partial charge on any atom is 0.310 e. The fourth-order valence-electron chi connectivity index (χ4n) is 6.78. The Morgan fingerprint density at radius 3 is 2.33 bits per heavy atom. The van der Waals surface area contributed by atoms with Gasteiger partial charge in [-0.15, -0.1) is 0 Å². The Balaban J connectivity index is 1.32. The smallest absolute Gasteiger partial charge is 0.310 e. The van der Waals surface area contributed by atoms with Gasteiger partial charge in [0.1, 0.15) is 18.3 Å². The molecule has 0 spiro atoms. The SMILES string of the molecule is COc1cc([C@@H]2c3cc4c(cc3[C@@H](O[C@H]3O[C@@H]5CO[C@@H](C)O[C@H]5[C@H](O)[C@H]3N)[C@H]3COC(=O)[C@H]23)OCO4)cc(OC)c1O. The number of carbonyl (C=O) groups is 1. The topological polar surface area (TPSA) is 167 Å². The second-order valence-corrected chi connectivity index (χ2v) is 11.1. The van der Waals surface area contributed by atoms with Crippen LogP contribution in [0.5, 0.6) is 28.7 Å². The minimum absolute atomic E-state index is 0.0501. The lowest BCUT2D eigenvalue weighted by molar-refractivity contribution is -0.343. The number of methoxy groups -OCH3 is 2. The Morgan fingerprint density at radius 2 is 1.64 bits per heavy atom. The van der Waals surface area contributed by atoms with Gasteiger partial charge in [0, 0.05) is 11.8 Å². The van der Waals surface area contributed by atoms with E-state index in [9.17, 15) is 15.0 Å².